The first-order valence-electron chi connectivity index (χ1n) is 10.2. The molecule has 0 atom stereocenters. The molecule has 29 heavy (non-hydrogen) atoms. The lowest BCUT2D eigenvalue weighted by Gasteiger charge is -2.25. The van der Waals surface area contributed by atoms with E-state index in [9.17, 15) is 9.59 Å². The van der Waals surface area contributed by atoms with Gasteiger partial charge in [0.1, 0.15) is 0 Å². The summed E-state index contributed by atoms with van der Waals surface area (Å²) in [5.74, 6) is -0.143. The Bertz CT molecular complexity index is 875. The Labute approximate surface area is 172 Å². The van der Waals surface area contributed by atoms with Crippen LogP contribution < -0.4 is 15.5 Å². The highest BCUT2D eigenvalue weighted by Crippen LogP contribution is 2.26. The molecule has 6 heteroatoms. The fraction of sp³-hybridized carbons (Fsp3) is 0.391. The largest absolute Gasteiger partial charge is 0.371 e. The van der Waals surface area contributed by atoms with Gasteiger partial charge in [-0.2, -0.15) is 0 Å². The van der Waals surface area contributed by atoms with Crippen LogP contribution in [0.15, 0.2) is 42.5 Å². The quantitative estimate of drug-likeness (QED) is 0.778. The van der Waals surface area contributed by atoms with Gasteiger partial charge in [0, 0.05) is 50.2 Å². The first-order valence-corrected chi connectivity index (χ1v) is 10.2. The Morgan fingerprint density at radius 2 is 1.83 bits per heavy atom. The highest BCUT2D eigenvalue weighted by atomic mass is 16.2. The smallest absolute Gasteiger partial charge is 0.321 e. The molecule has 0 unspecified atom stereocenters. The summed E-state index contributed by atoms with van der Waals surface area (Å²) in [7, 11) is 1.79. The van der Waals surface area contributed by atoms with Crippen LogP contribution in [0.3, 0.4) is 0 Å². The zero-order valence-electron chi connectivity index (χ0n) is 17.5. The molecule has 0 spiro atoms. The standard InChI is InChI=1S/C23H30N4O2/c1-4-24-22(28)18-12-11-17(2)20(15-18)25-23(29)26(3)16-19-9-5-6-10-21(19)27-13-7-8-14-27/h5-6,9-12,15H,4,7-8,13-14,16H2,1-3H3,(H,24,28)(H,25,29). The first kappa shape index (κ1) is 20.7. The van der Waals surface area contributed by atoms with Gasteiger partial charge in [-0.25, -0.2) is 4.79 Å². The number of rotatable bonds is 6. The molecule has 0 bridgehead atoms. The zero-order chi connectivity index (χ0) is 20.8. The molecule has 2 aromatic rings. The van der Waals surface area contributed by atoms with Crippen LogP contribution in [0, 0.1) is 6.92 Å². The Morgan fingerprint density at radius 3 is 2.55 bits per heavy atom. The maximum atomic E-state index is 12.8. The fourth-order valence-corrected chi connectivity index (χ4v) is 3.61. The summed E-state index contributed by atoms with van der Waals surface area (Å²) in [6.07, 6.45) is 2.43. The van der Waals surface area contributed by atoms with Crippen molar-refractivity contribution in [2.45, 2.75) is 33.2 Å². The Balaban J connectivity index is 1.70. The molecule has 0 radical (unpaired) electrons. The number of hydrogen-bond donors (Lipinski definition) is 2. The van der Waals surface area contributed by atoms with Crippen molar-refractivity contribution in [3.8, 4) is 0 Å². The second kappa shape index (κ2) is 9.45. The normalized spacial score (nSPS) is 13.3. The highest BCUT2D eigenvalue weighted by Gasteiger charge is 2.18. The molecular weight excluding hydrogens is 364 g/mol. The lowest BCUT2D eigenvalue weighted by atomic mass is 10.1. The van der Waals surface area contributed by atoms with Crippen LogP contribution in [0.2, 0.25) is 0 Å². The van der Waals surface area contributed by atoms with E-state index in [4.69, 9.17) is 0 Å². The van der Waals surface area contributed by atoms with E-state index in [2.05, 4.69) is 27.7 Å². The van der Waals surface area contributed by atoms with E-state index in [0.717, 1.165) is 24.2 Å². The molecule has 1 saturated heterocycles. The summed E-state index contributed by atoms with van der Waals surface area (Å²) >= 11 is 0. The molecule has 0 aliphatic carbocycles. The van der Waals surface area contributed by atoms with Gasteiger partial charge in [-0.05, 0) is 56.0 Å². The van der Waals surface area contributed by atoms with Crippen molar-refractivity contribution in [3.05, 3.63) is 59.2 Å². The molecule has 3 rings (SSSR count). The van der Waals surface area contributed by atoms with E-state index in [1.807, 2.05) is 32.0 Å². The summed E-state index contributed by atoms with van der Waals surface area (Å²) in [6, 6.07) is 13.4. The van der Waals surface area contributed by atoms with Crippen LogP contribution in [0.4, 0.5) is 16.2 Å². The molecular formula is C23H30N4O2. The summed E-state index contributed by atoms with van der Waals surface area (Å²) in [6.45, 7) is 7.02. The molecule has 0 aromatic heterocycles. The van der Waals surface area contributed by atoms with Gasteiger partial charge in [0.15, 0.2) is 0 Å². The van der Waals surface area contributed by atoms with E-state index in [0.29, 0.717) is 24.3 Å². The van der Waals surface area contributed by atoms with Crippen molar-refractivity contribution in [2.24, 2.45) is 0 Å². The predicted octanol–water partition coefficient (Wildman–Crippen LogP) is 4.01. The van der Waals surface area contributed by atoms with E-state index >= 15 is 0 Å². The van der Waals surface area contributed by atoms with E-state index in [-0.39, 0.29) is 11.9 Å². The maximum absolute atomic E-state index is 12.8. The summed E-state index contributed by atoms with van der Waals surface area (Å²) in [5.41, 5.74) is 4.45. The molecule has 154 valence electrons. The molecule has 1 aliphatic rings. The van der Waals surface area contributed by atoms with Crippen LogP contribution >= 0.6 is 0 Å². The van der Waals surface area contributed by atoms with Gasteiger partial charge < -0.3 is 20.4 Å². The van der Waals surface area contributed by atoms with E-state index in [1.165, 1.54) is 18.5 Å². The summed E-state index contributed by atoms with van der Waals surface area (Å²) in [5, 5.41) is 5.73. The van der Waals surface area contributed by atoms with Gasteiger partial charge in [-0.15, -0.1) is 0 Å². The van der Waals surface area contributed by atoms with Gasteiger partial charge in [-0.3, -0.25) is 4.79 Å². The number of para-hydroxylation sites is 1. The van der Waals surface area contributed by atoms with Gasteiger partial charge in [0.25, 0.3) is 5.91 Å². The first-order chi connectivity index (χ1) is 14.0. The Hall–Kier alpha value is -3.02. The topological polar surface area (TPSA) is 64.7 Å². The molecule has 1 fully saturated rings. The highest BCUT2D eigenvalue weighted by molar-refractivity contribution is 5.97. The zero-order valence-corrected chi connectivity index (χ0v) is 17.5. The van der Waals surface area contributed by atoms with Crippen LogP contribution in [0.1, 0.15) is 41.3 Å². The number of amides is 3. The molecule has 1 aliphatic heterocycles. The number of nitrogens with one attached hydrogen (secondary N) is 2. The number of nitrogens with zero attached hydrogens (tertiary/aromatic N) is 2. The average molecular weight is 395 g/mol. The molecule has 2 N–H and O–H groups in total. The summed E-state index contributed by atoms with van der Waals surface area (Å²) in [4.78, 5) is 29.0. The third kappa shape index (κ3) is 5.08. The molecule has 2 aromatic carbocycles. The van der Waals surface area contributed by atoms with Crippen LogP contribution in [-0.4, -0.2) is 43.5 Å². The van der Waals surface area contributed by atoms with E-state index < -0.39 is 0 Å². The number of carbonyl (C=O) groups excluding carboxylic acids is 2. The number of urea groups is 1. The molecule has 6 nitrogen and oxygen atoms in total. The maximum Gasteiger partial charge on any atom is 0.321 e. The molecule has 1 heterocycles. The monoisotopic (exact) mass is 394 g/mol. The van der Waals surface area contributed by atoms with Crippen molar-refractivity contribution >= 4 is 23.3 Å². The number of aryl methyl sites for hydroxylation is 1. The third-order valence-corrected chi connectivity index (χ3v) is 5.27. The second-order valence-corrected chi connectivity index (χ2v) is 7.50. The summed E-state index contributed by atoms with van der Waals surface area (Å²) < 4.78 is 0. The van der Waals surface area contributed by atoms with Crippen molar-refractivity contribution in [3.63, 3.8) is 0 Å². The second-order valence-electron chi connectivity index (χ2n) is 7.50. The minimum atomic E-state index is -0.197. The van der Waals surface area contributed by atoms with Gasteiger partial charge in [0.05, 0.1) is 0 Å². The lowest BCUT2D eigenvalue weighted by Crippen LogP contribution is -2.32. The minimum Gasteiger partial charge on any atom is -0.371 e. The van der Waals surface area contributed by atoms with Crippen LogP contribution in [-0.2, 0) is 6.54 Å². The van der Waals surface area contributed by atoms with Gasteiger partial charge in [-0.1, -0.05) is 24.3 Å². The lowest BCUT2D eigenvalue weighted by molar-refractivity contribution is 0.0956. The Morgan fingerprint density at radius 1 is 1.10 bits per heavy atom. The average Bonchev–Trinajstić information content (AvgIpc) is 3.24. The van der Waals surface area contributed by atoms with E-state index in [1.54, 1.807) is 24.1 Å². The molecule has 0 saturated carbocycles. The van der Waals surface area contributed by atoms with Crippen molar-refractivity contribution in [1.82, 2.24) is 10.2 Å². The minimum absolute atomic E-state index is 0.143. The predicted molar refractivity (Wildman–Crippen MR) is 118 cm³/mol. The number of hydrogen-bond acceptors (Lipinski definition) is 3. The number of anilines is 2. The number of benzene rings is 2. The van der Waals surface area contributed by atoms with Gasteiger partial charge in [0.2, 0.25) is 0 Å². The van der Waals surface area contributed by atoms with Crippen LogP contribution in [0.5, 0.6) is 0 Å². The van der Waals surface area contributed by atoms with Crippen molar-refractivity contribution in [2.75, 3.05) is 36.9 Å². The number of carbonyl (C=O) groups is 2. The SMILES string of the molecule is CCNC(=O)c1ccc(C)c(NC(=O)N(C)Cc2ccccc2N2CCCC2)c1. The third-order valence-electron chi connectivity index (χ3n) is 5.27. The van der Waals surface area contributed by atoms with Crippen molar-refractivity contribution < 1.29 is 9.59 Å². The van der Waals surface area contributed by atoms with Gasteiger partial charge >= 0.3 is 6.03 Å². The fourth-order valence-electron chi connectivity index (χ4n) is 3.61. The van der Waals surface area contributed by atoms with Crippen LogP contribution in [0.25, 0.3) is 0 Å². The Kier molecular flexibility index (Phi) is 6.75. The molecule has 3 amide bonds. The van der Waals surface area contributed by atoms with Crippen molar-refractivity contribution in [1.29, 1.82) is 0 Å².